The molecule has 1 aromatic heterocycles. The molecule has 1 aromatic rings. The summed E-state index contributed by atoms with van der Waals surface area (Å²) in [5.41, 5.74) is 5.39. The van der Waals surface area contributed by atoms with Crippen LogP contribution in [0.5, 0.6) is 0 Å². The first kappa shape index (κ1) is 12.1. The van der Waals surface area contributed by atoms with Crippen LogP contribution in [0.25, 0.3) is 0 Å². The summed E-state index contributed by atoms with van der Waals surface area (Å²) in [5.74, 6) is 0.695. The molecule has 2 rings (SSSR count). The Morgan fingerprint density at radius 2 is 2.24 bits per heavy atom. The number of nitrogens with zero attached hydrogens (tertiary/aromatic N) is 3. The average Bonchev–Trinajstić information content (AvgIpc) is 2.45. The van der Waals surface area contributed by atoms with Crippen molar-refractivity contribution >= 4 is 5.69 Å². The number of hydrogen-bond acceptors (Lipinski definition) is 5. The molecule has 1 unspecified atom stereocenters. The zero-order valence-electron chi connectivity index (χ0n) is 10.3. The van der Waals surface area contributed by atoms with Crippen LogP contribution in [0.2, 0.25) is 0 Å². The molecule has 1 aliphatic heterocycles. The van der Waals surface area contributed by atoms with Gasteiger partial charge in [0.05, 0.1) is 12.2 Å². The highest BCUT2D eigenvalue weighted by atomic mass is 16.1. The molecule has 0 saturated carbocycles. The van der Waals surface area contributed by atoms with E-state index in [4.69, 9.17) is 5.73 Å². The van der Waals surface area contributed by atoms with E-state index in [1.807, 2.05) is 0 Å². The van der Waals surface area contributed by atoms with E-state index in [0.717, 1.165) is 26.1 Å². The third-order valence-electron chi connectivity index (χ3n) is 3.23. The van der Waals surface area contributed by atoms with Gasteiger partial charge in [0.25, 0.3) is 5.56 Å². The van der Waals surface area contributed by atoms with Crippen LogP contribution in [0.3, 0.4) is 0 Å². The summed E-state index contributed by atoms with van der Waals surface area (Å²) < 4.78 is 0. The van der Waals surface area contributed by atoms with Gasteiger partial charge in [0.15, 0.2) is 0 Å². The van der Waals surface area contributed by atoms with Gasteiger partial charge in [0.2, 0.25) is 0 Å². The van der Waals surface area contributed by atoms with E-state index in [9.17, 15) is 4.79 Å². The van der Waals surface area contributed by atoms with Crippen LogP contribution in [-0.2, 0) is 0 Å². The fourth-order valence-electron chi connectivity index (χ4n) is 2.15. The van der Waals surface area contributed by atoms with Crippen molar-refractivity contribution in [3.8, 4) is 0 Å². The van der Waals surface area contributed by atoms with Crippen molar-refractivity contribution in [1.82, 2.24) is 19.8 Å². The first-order valence-corrected chi connectivity index (χ1v) is 5.81. The maximum atomic E-state index is 11.5. The van der Waals surface area contributed by atoms with E-state index in [1.165, 1.54) is 6.20 Å². The number of anilines is 1. The SMILES string of the molecule is CN1CCCN(C)C(c2ncc(N)c(=O)[nH]2)C1. The van der Waals surface area contributed by atoms with Gasteiger partial charge in [-0.15, -0.1) is 0 Å². The van der Waals surface area contributed by atoms with Crippen LogP contribution in [0.15, 0.2) is 11.0 Å². The number of nitrogens with two attached hydrogens (primary N) is 1. The van der Waals surface area contributed by atoms with Crippen LogP contribution in [0, 0.1) is 0 Å². The Labute approximate surface area is 100 Å². The Kier molecular flexibility index (Phi) is 3.44. The number of H-pyrrole nitrogens is 1. The number of aromatic amines is 1. The maximum Gasteiger partial charge on any atom is 0.274 e. The zero-order chi connectivity index (χ0) is 12.4. The van der Waals surface area contributed by atoms with Gasteiger partial charge in [0, 0.05) is 6.54 Å². The lowest BCUT2D eigenvalue weighted by molar-refractivity contribution is 0.219. The van der Waals surface area contributed by atoms with E-state index >= 15 is 0 Å². The third-order valence-corrected chi connectivity index (χ3v) is 3.23. The van der Waals surface area contributed by atoms with E-state index in [2.05, 4.69) is 33.9 Å². The van der Waals surface area contributed by atoms with E-state index < -0.39 is 0 Å². The van der Waals surface area contributed by atoms with Gasteiger partial charge in [0.1, 0.15) is 11.5 Å². The zero-order valence-corrected chi connectivity index (χ0v) is 10.3. The monoisotopic (exact) mass is 237 g/mol. The quantitative estimate of drug-likeness (QED) is 0.698. The molecule has 1 aliphatic rings. The van der Waals surface area contributed by atoms with Crippen molar-refractivity contribution in [2.75, 3.05) is 39.5 Å². The summed E-state index contributed by atoms with van der Waals surface area (Å²) in [5, 5.41) is 0. The van der Waals surface area contributed by atoms with Gasteiger partial charge >= 0.3 is 0 Å². The minimum atomic E-state index is -0.254. The van der Waals surface area contributed by atoms with Crippen molar-refractivity contribution in [3.63, 3.8) is 0 Å². The number of nitrogen functional groups attached to an aromatic ring is 1. The molecule has 0 amide bonds. The average molecular weight is 237 g/mol. The predicted octanol–water partition coefficient (Wildman–Crippen LogP) is -0.339. The van der Waals surface area contributed by atoms with E-state index in [0.29, 0.717) is 5.82 Å². The Balaban J connectivity index is 2.29. The molecule has 1 saturated heterocycles. The fourth-order valence-corrected chi connectivity index (χ4v) is 2.15. The van der Waals surface area contributed by atoms with Crippen LogP contribution in [0.1, 0.15) is 18.3 Å². The molecular weight excluding hydrogens is 218 g/mol. The Hall–Kier alpha value is -1.40. The second-order valence-corrected chi connectivity index (χ2v) is 4.67. The summed E-state index contributed by atoms with van der Waals surface area (Å²) >= 11 is 0. The van der Waals surface area contributed by atoms with Gasteiger partial charge < -0.3 is 15.6 Å². The molecule has 0 bridgehead atoms. The minimum absolute atomic E-state index is 0.121. The van der Waals surface area contributed by atoms with Crippen LogP contribution >= 0.6 is 0 Å². The lowest BCUT2D eigenvalue weighted by Crippen LogP contribution is -2.33. The molecule has 0 radical (unpaired) electrons. The molecule has 3 N–H and O–H groups in total. The molecule has 0 aromatic carbocycles. The Morgan fingerprint density at radius 3 is 2.94 bits per heavy atom. The summed E-state index contributed by atoms with van der Waals surface area (Å²) in [6, 6.07) is 0.121. The molecule has 6 heteroatoms. The van der Waals surface area contributed by atoms with Crippen molar-refractivity contribution in [2.45, 2.75) is 12.5 Å². The third kappa shape index (κ3) is 2.65. The van der Waals surface area contributed by atoms with E-state index in [1.54, 1.807) is 0 Å². The number of nitrogens with one attached hydrogen (secondary N) is 1. The lowest BCUT2D eigenvalue weighted by Gasteiger charge is -2.26. The van der Waals surface area contributed by atoms with Crippen LogP contribution < -0.4 is 11.3 Å². The summed E-state index contributed by atoms with van der Waals surface area (Å²) in [4.78, 5) is 23.0. The molecule has 1 fully saturated rings. The summed E-state index contributed by atoms with van der Waals surface area (Å²) in [6.07, 6.45) is 2.57. The second-order valence-electron chi connectivity index (χ2n) is 4.67. The van der Waals surface area contributed by atoms with Crippen molar-refractivity contribution in [3.05, 3.63) is 22.4 Å². The fraction of sp³-hybridized carbons (Fsp3) is 0.636. The van der Waals surface area contributed by atoms with Gasteiger partial charge in [-0.05, 0) is 33.6 Å². The standard InChI is InChI=1S/C11H19N5O/c1-15-4-3-5-16(2)9(7-15)10-13-6-8(12)11(17)14-10/h6,9H,3-5,7,12H2,1-2H3,(H,13,14,17). The maximum absolute atomic E-state index is 11.5. The van der Waals surface area contributed by atoms with Crippen LogP contribution in [0.4, 0.5) is 5.69 Å². The number of aromatic nitrogens is 2. The van der Waals surface area contributed by atoms with Crippen molar-refractivity contribution < 1.29 is 0 Å². The topological polar surface area (TPSA) is 78.2 Å². The van der Waals surface area contributed by atoms with Crippen molar-refractivity contribution in [2.24, 2.45) is 0 Å². The Bertz CT molecular complexity index is 444. The number of rotatable bonds is 1. The second kappa shape index (κ2) is 4.85. The molecule has 94 valence electrons. The van der Waals surface area contributed by atoms with E-state index in [-0.39, 0.29) is 17.3 Å². The smallest absolute Gasteiger partial charge is 0.274 e. The summed E-state index contributed by atoms with van der Waals surface area (Å²) in [6.45, 7) is 2.94. The first-order valence-electron chi connectivity index (χ1n) is 5.81. The first-order chi connectivity index (χ1) is 8.08. The molecule has 17 heavy (non-hydrogen) atoms. The number of hydrogen-bond donors (Lipinski definition) is 2. The van der Waals surface area contributed by atoms with Gasteiger partial charge in [-0.25, -0.2) is 4.98 Å². The predicted molar refractivity (Wildman–Crippen MR) is 66.8 cm³/mol. The van der Waals surface area contributed by atoms with Crippen molar-refractivity contribution in [1.29, 1.82) is 0 Å². The summed E-state index contributed by atoms with van der Waals surface area (Å²) in [7, 11) is 4.14. The van der Waals surface area contributed by atoms with Gasteiger partial charge in [-0.3, -0.25) is 9.69 Å². The molecular formula is C11H19N5O. The lowest BCUT2D eigenvalue weighted by atomic mass is 10.2. The minimum Gasteiger partial charge on any atom is -0.393 e. The molecule has 6 nitrogen and oxygen atoms in total. The van der Waals surface area contributed by atoms with Gasteiger partial charge in [-0.1, -0.05) is 0 Å². The molecule has 0 spiro atoms. The highest BCUT2D eigenvalue weighted by Crippen LogP contribution is 2.19. The van der Waals surface area contributed by atoms with Crippen LogP contribution in [-0.4, -0.2) is 53.5 Å². The highest BCUT2D eigenvalue weighted by Gasteiger charge is 2.23. The highest BCUT2D eigenvalue weighted by molar-refractivity contribution is 5.30. The molecule has 2 heterocycles. The number of likely N-dealkylation sites (N-methyl/N-ethyl adjacent to an activating group) is 2. The Morgan fingerprint density at radius 1 is 1.47 bits per heavy atom. The van der Waals surface area contributed by atoms with Gasteiger partial charge in [-0.2, -0.15) is 0 Å². The largest absolute Gasteiger partial charge is 0.393 e. The normalized spacial score (nSPS) is 23.5. The molecule has 0 aliphatic carbocycles. The molecule has 1 atom stereocenters.